The van der Waals surface area contributed by atoms with Gasteiger partial charge in [-0.3, -0.25) is 4.79 Å². The first kappa shape index (κ1) is 18.5. The van der Waals surface area contributed by atoms with E-state index >= 15 is 0 Å². The molecule has 0 aliphatic carbocycles. The van der Waals surface area contributed by atoms with Crippen LogP contribution >= 0.6 is 0 Å². The fourth-order valence-corrected chi connectivity index (χ4v) is 2.11. The number of ether oxygens (including phenoxy) is 2. The number of hydrogen-bond acceptors (Lipinski definition) is 4. The lowest BCUT2D eigenvalue weighted by Gasteiger charge is -2.26. The van der Waals surface area contributed by atoms with Crippen LogP contribution in [0.25, 0.3) is 0 Å². The van der Waals surface area contributed by atoms with E-state index in [9.17, 15) is 9.59 Å². The number of ketones is 1. The number of nitrogens with zero attached hydrogens (tertiary/aromatic N) is 1. The zero-order chi connectivity index (χ0) is 17.1. The zero-order valence-electron chi connectivity index (χ0n) is 14.9. The maximum atomic E-state index is 12.6. The number of carbonyl (C=O) groups is 2. The Morgan fingerprint density at radius 2 is 1.91 bits per heavy atom. The predicted molar refractivity (Wildman–Crippen MR) is 85.5 cm³/mol. The summed E-state index contributed by atoms with van der Waals surface area (Å²) in [6, 6.07) is 0. The summed E-state index contributed by atoms with van der Waals surface area (Å²) in [7, 11) is 0. The van der Waals surface area contributed by atoms with Crippen molar-refractivity contribution in [3.63, 3.8) is 0 Å². The van der Waals surface area contributed by atoms with Crippen LogP contribution in [-0.4, -0.2) is 41.6 Å². The molecule has 0 aromatic carbocycles. The van der Waals surface area contributed by atoms with Gasteiger partial charge in [-0.25, -0.2) is 4.79 Å². The van der Waals surface area contributed by atoms with Crippen LogP contribution in [0.15, 0.2) is 11.8 Å². The third-order valence-corrected chi connectivity index (χ3v) is 3.41. The van der Waals surface area contributed by atoms with Gasteiger partial charge in [-0.05, 0) is 41.0 Å². The minimum Gasteiger partial charge on any atom is -0.498 e. The second-order valence-electron chi connectivity index (χ2n) is 7.69. The van der Waals surface area contributed by atoms with Gasteiger partial charge < -0.3 is 14.4 Å². The first-order valence-electron chi connectivity index (χ1n) is 7.79. The Morgan fingerprint density at radius 1 is 1.32 bits per heavy atom. The molecule has 1 amide bonds. The molecule has 5 heteroatoms. The third kappa shape index (κ3) is 5.35. The maximum Gasteiger partial charge on any atom is 0.410 e. The summed E-state index contributed by atoms with van der Waals surface area (Å²) in [6.45, 7) is 13.8. The number of hydrogen-bond donors (Lipinski definition) is 0. The molecule has 1 saturated heterocycles. The van der Waals surface area contributed by atoms with Crippen molar-refractivity contribution in [1.82, 2.24) is 4.90 Å². The summed E-state index contributed by atoms with van der Waals surface area (Å²) in [5, 5.41) is 0. The topological polar surface area (TPSA) is 55.8 Å². The SMILES string of the molecule is CC(C)OC=C1CN(C(=O)OC(C)(C)C)CCC(C)(C)C1=O. The highest BCUT2D eigenvalue weighted by Crippen LogP contribution is 2.30. The summed E-state index contributed by atoms with van der Waals surface area (Å²) >= 11 is 0. The molecule has 1 fully saturated rings. The Hall–Kier alpha value is -1.52. The minimum atomic E-state index is -0.554. The molecule has 0 radical (unpaired) electrons. The quantitative estimate of drug-likeness (QED) is 0.578. The molecule has 1 aliphatic heterocycles. The lowest BCUT2D eigenvalue weighted by molar-refractivity contribution is -0.123. The van der Waals surface area contributed by atoms with Gasteiger partial charge >= 0.3 is 6.09 Å². The lowest BCUT2D eigenvalue weighted by Crippen LogP contribution is -2.38. The van der Waals surface area contributed by atoms with Gasteiger partial charge in [0.25, 0.3) is 0 Å². The Bertz CT molecular complexity index is 458. The van der Waals surface area contributed by atoms with E-state index in [0.29, 0.717) is 18.5 Å². The second-order valence-corrected chi connectivity index (χ2v) is 7.69. The average Bonchev–Trinajstić information content (AvgIpc) is 2.44. The van der Waals surface area contributed by atoms with Crippen molar-refractivity contribution in [1.29, 1.82) is 0 Å². The van der Waals surface area contributed by atoms with Crippen LogP contribution < -0.4 is 0 Å². The summed E-state index contributed by atoms with van der Waals surface area (Å²) in [6.07, 6.45) is 1.69. The fourth-order valence-electron chi connectivity index (χ4n) is 2.11. The number of Topliss-reactive ketones (excluding diaryl/α,β-unsaturated/α-hetero) is 1. The van der Waals surface area contributed by atoms with E-state index in [1.807, 2.05) is 48.5 Å². The highest BCUT2D eigenvalue weighted by atomic mass is 16.6. The van der Waals surface area contributed by atoms with Crippen molar-refractivity contribution >= 4 is 11.9 Å². The van der Waals surface area contributed by atoms with E-state index in [1.165, 1.54) is 6.26 Å². The molecule has 1 rings (SSSR count). The molecule has 0 saturated carbocycles. The average molecular weight is 311 g/mol. The Morgan fingerprint density at radius 3 is 2.41 bits per heavy atom. The Balaban J connectivity index is 2.98. The van der Waals surface area contributed by atoms with Crippen LogP contribution in [0.4, 0.5) is 4.79 Å². The predicted octanol–water partition coefficient (Wildman–Crippen LogP) is 3.53. The van der Waals surface area contributed by atoms with Crippen molar-refractivity contribution in [2.24, 2.45) is 5.41 Å². The van der Waals surface area contributed by atoms with Crippen LogP contribution in [0, 0.1) is 5.41 Å². The van der Waals surface area contributed by atoms with Gasteiger partial charge in [0, 0.05) is 17.5 Å². The van der Waals surface area contributed by atoms with Gasteiger partial charge in [0.15, 0.2) is 5.78 Å². The van der Waals surface area contributed by atoms with Crippen molar-refractivity contribution in [3.05, 3.63) is 11.8 Å². The smallest absolute Gasteiger partial charge is 0.410 e. The van der Waals surface area contributed by atoms with E-state index in [1.54, 1.807) is 4.90 Å². The maximum absolute atomic E-state index is 12.6. The first-order valence-corrected chi connectivity index (χ1v) is 7.79. The highest BCUT2D eigenvalue weighted by molar-refractivity contribution is 6.00. The lowest BCUT2D eigenvalue weighted by atomic mass is 9.82. The van der Waals surface area contributed by atoms with Gasteiger partial charge in [-0.15, -0.1) is 0 Å². The molecule has 0 unspecified atom stereocenters. The van der Waals surface area contributed by atoms with E-state index < -0.39 is 17.1 Å². The molecule has 0 N–H and O–H groups in total. The van der Waals surface area contributed by atoms with Crippen LogP contribution in [0.5, 0.6) is 0 Å². The molecule has 126 valence electrons. The molecule has 0 bridgehead atoms. The van der Waals surface area contributed by atoms with Crippen LogP contribution in [0.3, 0.4) is 0 Å². The number of amides is 1. The summed E-state index contributed by atoms with van der Waals surface area (Å²) in [4.78, 5) is 26.5. The first-order chi connectivity index (χ1) is 9.92. The normalized spacial score (nSPS) is 21.0. The summed E-state index contributed by atoms with van der Waals surface area (Å²) < 4.78 is 10.9. The molecule has 0 aromatic heterocycles. The van der Waals surface area contributed by atoms with Gasteiger partial charge in [0.05, 0.1) is 18.9 Å². The van der Waals surface area contributed by atoms with Crippen molar-refractivity contribution < 1.29 is 19.1 Å². The van der Waals surface area contributed by atoms with E-state index in [2.05, 4.69) is 0 Å². The molecule has 1 aliphatic rings. The van der Waals surface area contributed by atoms with Gasteiger partial charge in [-0.1, -0.05) is 13.8 Å². The van der Waals surface area contributed by atoms with Crippen molar-refractivity contribution in [2.75, 3.05) is 13.1 Å². The Labute approximate surface area is 133 Å². The van der Waals surface area contributed by atoms with Crippen molar-refractivity contribution in [3.8, 4) is 0 Å². The molecule has 1 heterocycles. The summed E-state index contributed by atoms with van der Waals surface area (Å²) in [5.74, 6) is 0.0270. The zero-order valence-corrected chi connectivity index (χ0v) is 14.9. The van der Waals surface area contributed by atoms with Crippen LogP contribution in [0.2, 0.25) is 0 Å². The van der Waals surface area contributed by atoms with Gasteiger partial charge in [0.2, 0.25) is 0 Å². The molecule has 5 nitrogen and oxygen atoms in total. The molecule has 0 spiro atoms. The van der Waals surface area contributed by atoms with E-state index in [-0.39, 0.29) is 18.4 Å². The molecule has 22 heavy (non-hydrogen) atoms. The standard InChI is InChI=1S/C17H29NO4/c1-12(2)21-11-13-10-18(15(20)22-16(3,4)5)9-8-17(6,7)14(13)19/h11-12H,8-10H2,1-7H3. The van der Waals surface area contributed by atoms with Gasteiger partial charge in [-0.2, -0.15) is 0 Å². The minimum absolute atomic E-state index is 0.0124. The number of likely N-dealkylation sites (tertiary alicyclic amines) is 1. The van der Waals surface area contributed by atoms with E-state index in [4.69, 9.17) is 9.47 Å². The molecular formula is C17H29NO4. The summed E-state index contributed by atoms with van der Waals surface area (Å²) in [5.41, 5.74) is -0.550. The number of carbonyl (C=O) groups excluding carboxylic acids is 2. The monoisotopic (exact) mass is 311 g/mol. The fraction of sp³-hybridized carbons (Fsp3) is 0.765. The van der Waals surface area contributed by atoms with Crippen LogP contribution in [-0.2, 0) is 14.3 Å². The second kappa shape index (κ2) is 6.71. The Kier molecular flexibility index (Phi) is 5.65. The largest absolute Gasteiger partial charge is 0.498 e. The third-order valence-electron chi connectivity index (χ3n) is 3.41. The number of rotatable bonds is 2. The van der Waals surface area contributed by atoms with Crippen LogP contribution in [0.1, 0.15) is 54.9 Å². The van der Waals surface area contributed by atoms with E-state index in [0.717, 1.165) is 0 Å². The van der Waals surface area contributed by atoms with Gasteiger partial charge in [0.1, 0.15) is 5.60 Å². The highest BCUT2D eigenvalue weighted by Gasteiger charge is 2.37. The van der Waals surface area contributed by atoms with Crippen molar-refractivity contribution in [2.45, 2.75) is 66.6 Å². The molecular weight excluding hydrogens is 282 g/mol. The molecule has 0 aromatic rings. The molecule has 0 atom stereocenters.